The second kappa shape index (κ2) is 7.35. The van der Waals surface area contributed by atoms with E-state index in [-0.39, 0.29) is 11.8 Å². The Morgan fingerprint density at radius 1 is 1.12 bits per heavy atom. The molecule has 0 bridgehead atoms. The van der Waals surface area contributed by atoms with Crippen LogP contribution in [0.5, 0.6) is 17.2 Å². The van der Waals surface area contributed by atoms with Crippen LogP contribution in [0.1, 0.15) is 20.7 Å². The minimum absolute atomic E-state index is 0.139. The number of hydrogen-bond donors (Lipinski definition) is 1. The van der Waals surface area contributed by atoms with Gasteiger partial charge in [-0.25, -0.2) is 0 Å². The number of methoxy groups -OCH3 is 2. The fourth-order valence-electron chi connectivity index (χ4n) is 2.68. The molecule has 7 heteroatoms. The molecular weight excluding hydrogens is 336 g/mol. The summed E-state index contributed by atoms with van der Waals surface area (Å²) in [6, 6.07) is 9.92. The largest absolute Gasteiger partial charge is 0.493 e. The van der Waals surface area contributed by atoms with Crippen molar-refractivity contribution in [3.63, 3.8) is 0 Å². The molecule has 0 unspecified atom stereocenters. The highest BCUT2D eigenvalue weighted by atomic mass is 16.5. The van der Waals surface area contributed by atoms with E-state index < -0.39 is 0 Å². The van der Waals surface area contributed by atoms with E-state index >= 15 is 0 Å². The summed E-state index contributed by atoms with van der Waals surface area (Å²) in [6.45, 7) is 0.952. The predicted octanol–water partition coefficient (Wildman–Crippen LogP) is 2.42. The lowest BCUT2D eigenvalue weighted by molar-refractivity contribution is 0.0796. The summed E-state index contributed by atoms with van der Waals surface area (Å²) >= 11 is 0. The molecule has 1 N–H and O–H groups in total. The summed E-state index contributed by atoms with van der Waals surface area (Å²) < 4.78 is 16.0. The Morgan fingerprint density at radius 2 is 1.88 bits per heavy atom. The zero-order chi connectivity index (χ0) is 18.7. The molecule has 0 aliphatic carbocycles. The minimum atomic E-state index is -0.318. The maximum absolute atomic E-state index is 12.5. The molecule has 3 rings (SSSR count). The third kappa shape index (κ3) is 3.42. The fourth-order valence-corrected chi connectivity index (χ4v) is 2.68. The third-order valence-corrected chi connectivity index (χ3v) is 4.14. The van der Waals surface area contributed by atoms with Crippen LogP contribution in [0, 0.1) is 0 Å². The van der Waals surface area contributed by atoms with Gasteiger partial charge in [-0.15, -0.1) is 0 Å². The molecule has 0 radical (unpaired) electrons. The lowest BCUT2D eigenvalue weighted by Gasteiger charge is -2.13. The van der Waals surface area contributed by atoms with Crippen molar-refractivity contribution in [2.75, 3.05) is 39.7 Å². The summed E-state index contributed by atoms with van der Waals surface area (Å²) in [6.07, 6.45) is 0. The summed E-state index contributed by atoms with van der Waals surface area (Å²) in [7, 11) is 4.76. The van der Waals surface area contributed by atoms with Gasteiger partial charge in [0.15, 0.2) is 11.5 Å². The van der Waals surface area contributed by atoms with Gasteiger partial charge in [0.25, 0.3) is 11.8 Å². The number of hydrogen-bond acceptors (Lipinski definition) is 5. The number of likely N-dealkylation sites (N-methyl/N-ethyl adjacent to an activating group) is 1. The number of carbonyl (C=O) groups is 2. The van der Waals surface area contributed by atoms with E-state index in [0.717, 1.165) is 0 Å². The average molecular weight is 356 g/mol. The first-order valence-corrected chi connectivity index (χ1v) is 8.09. The Labute approximate surface area is 151 Å². The highest BCUT2D eigenvalue weighted by molar-refractivity contribution is 6.06. The van der Waals surface area contributed by atoms with Crippen molar-refractivity contribution in [3.8, 4) is 17.2 Å². The van der Waals surface area contributed by atoms with Crippen molar-refractivity contribution < 1.29 is 23.8 Å². The van der Waals surface area contributed by atoms with Gasteiger partial charge in [-0.1, -0.05) is 0 Å². The van der Waals surface area contributed by atoms with Gasteiger partial charge in [-0.2, -0.15) is 0 Å². The zero-order valence-electron chi connectivity index (χ0n) is 14.9. The van der Waals surface area contributed by atoms with E-state index in [9.17, 15) is 9.59 Å². The lowest BCUT2D eigenvalue weighted by atomic mass is 10.1. The molecule has 1 aliphatic rings. The Morgan fingerprint density at radius 3 is 2.62 bits per heavy atom. The quantitative estimate of drug-likeness (QED) is 0.910. The summed E-state index contributed by atoms with van der Waals surface area (Å²) in [4.78, 5) is 26.5. The van der Waals surface area contributed by atoms with Gasteiger partial charge in [0.2, 0.25) is 0 Å². The van der Waals surface area contributed by atoms with Crippen molar-refractivity contribution in [1.82, 2.24) is 4.90 Å². The molecule has 2 aromatic carbocycles. The number of amides is 2. The highest BCUT2D eigenvalue weighted by Crippen LogP contribution is 2.29. The van der Waals surface area contributed by atoms with Gasteiger partial charge < -0.3 is 24.4 Å². The van der Waals surface area contributed by atoms with Gasteiger partial charge in [0, 0.05) is 18.3 Å². The molecule has 0 saturated heterocycles. The predicted molar refractivity (Wildman–Crippen MR) is 96.4 cm³/mol. The molecule has 1 heterocycles. The molecule has 0 saturated carbocycles. The standard InChI is InChI=1S/C19H20N2O5/c1-21-8-9-26-15-7-5-13(11-14(15)19(21)23)20-18(22)12-4-6-16(24-2)17(10-12)25-3/h4-7,10-11H,8-9H2,1-3H3,(H,20,22). The summed E-state index contributed by atoms with van der Waals surface area (Å²) in [5.74, 6) is 1.07. The van der Waals surface area contributed by atoms with Crippen LogP contribution in [0.2, 0.25) is 0 Å². The highest BCUT2D eigenvalue weighted by Gasteiger charge is 2.21. The van der Waals surface area contributed by atoms with E-state index in [1.807, 2.05) is 0 Å². The Balaban J connectivity index is 1.84. The molecule has 2 amide bonds. The minimum Gasteiger partial charge on any atom is -0.493 e. The lowest BCUT2D eigenvalue weighted by Crippen LogP contribution is -2.27. The van der Waals surface area contributed by atoms with E-state index in [2.05, 4.69) is 5.32 Å². The van der Waals surface area contributed by atoms with Crippen molar-refractivity contribution in [1.29, 1.82) is 0 Å². The second-order valence-corrected chi connectivity index (χ2v) is 5.81. The van der Waals surface area contributed by atoms with Crippen LogP contribution >= 0.6 is 0 Å². The van der Waals surface area contributed by atoms with E-state index in [0.29, 0.717) is 47.2 Å². The normalized spacial score (nSPS) is 13.3. The SMILES string of the molecule is COc1ccc(C(=O)Nc2ccc3c(c2)C(=O)N(C)CCO3)cc1OC. The van der Waals surface area contributed by atoms with E-state index in [1.54, 1.807) is 48.3 Å². The second-order valence-electron chi connectivity index (χ2n) is 5.81. The maximum Gasteiger partial charge on any atom is 0.257 e. The van der Waals surface area contributed by atoms with Crippen LogP contribution in [0.3, 0.4) is 0 Å². The Bertz CT molecular complexity index is 850. The molecule has 136 valence electrons. The first-order valence-electron chi connectivity index (χ1n) is 8.09. The number of ether oxygens (including phenoxy) is 3. The average Bonchev–Trinajstić information content (AvgIpc) is 2.80. The monoisotopic (exact) mass is 356 g/mol. The Hall–Kier alpha value is -3.22. The first kappa shape index (κ1) is 17.6. The summed E-state index contributed by atoms with van der Waals surface area (Å²) in [5.41, 5.74) is 1.35. The molecule has 7 nitrogen and oxygen atoms in total. The first-order chi connectivity index (χ1) is 12.5. The van der Waals surface area contributed by atoms with Crippen LogP contribution in [0.4, 0.5) is 5.69 Å². The van der Waals surface area contributed by atoms with Crippen LogP contribution in [-0.2, 0) is 0 Å². The topological polar surface area (TPSA) is 77.1 Å². The van der Waals surface area contributed by atoms with Gasteiger partial charge in [-0.05, 0) is 36.4 Å². The van der Waals surface area contributed by atoms with Gasteiger partial charge >= 0.3 is 0 Å². The molecule has 0 fully saturated rings. The smallest absolute Gasteiger partial charge is 0.257 e. The van der Waals surface area contributed by atoms with Gasteiger partial charge in [-0.3, -0.25) is 9.59 Å². The van der Waals surface area contributed by atoms with Crippen molar-refractivity contribution in [3.05, 3.63) is 47.5 Å². The van der Waals surface area contributed by atoms with Crippen molar-refractivity contribution >= 4 is 17.5 Å². The van der Waals surface area contributed by atoms with Crippen LogP contribution in [0.15, 0.2) is 36.4 Å². The number of rotatable bonds is 4. The Kier molecular flexibility index (Phi) is 4.97. The molecule has 0 aromatic heterocycles. The number of carbonyl (C=O) groups excluding carboxylic acids is 2. The third-order valence-electron chi connectivity index (χ3n) is 4.14. The fraction of sp³-hybridized carbons (Fsp3) is 0.263. The number of nitrogens with one attached hydrogen (secondary N) is 1. The van der Waals surface area contributed by atoms with Gasteiger partial charge in [0.1, 0.15) is 12.4 Å². The molecule has 2 aromatic rings. The maximum atomic E-state index is 12.5. The number of benzene rings is 2. The molecule has 0 atom stereocenters. The van der Waals surface area contributed by atoms with Crippen LogP contribution in [-0.4, -0.2) is 51.1 Å². The number of nitrogens with zero attached hydrogens (tertiary/aromatic N) is 1. The zero-order valence-corrected chi connectivity index (χ0v) is 14.9. The molecule has 26 heavy (non-hydrogen) atoms. The van der Waals surface area contributed by atoms with Gasteiger partial charge in [0.05, 0.1) is 26.3 Å². The molecule has 1 aliphatic heterocycles. The molecule has 0 spiro atoms. The van der Waals surface area contributed by atoms with Crippen LogP contribution in [0.25, 0.3) is 0 Å². The van der Waals surface area contributed by atoms with E-state index in [1.165, 1.54) is 14.2 Å². The van der Waals surface area contributed by atoms with Crippen molar-refractivity contribution in [2.24, 2.45) is 0 Å². The van der Waals surface area contributed by atoms with E-state index in [4.69, 9.17) is 14.2 Å². The van der Waals surface area contributed by atoms with Crippen LogP contribution < -0.4 is 19.5 Å². The number of fused-ring (bicyclic) bond motifs is 1. The number of anilines is 1. The molecular formula is C19H20N2O5. The van der Waals surface area contributed by atoms with Crippen molar-refractivity contribution in [2.45, 2.75) is 0 Å². The summed E-state index contributed by atoms with van der Waals surface area (Å²) in [5, 5.41) is 2.79.